The number of esters is 1. The maximum Gasteiger partial charge on any atom is 0.331 e. The van der Waals surface area contributed by atoms with Crippen molar-refractivity contribution in [3.8, 4) is 0 Å². The fraction of sp³-hybridized carbons (Fsp3) is 0.150. The second kappa shape index (κ2) is 7.72. The molecule has 0 saturated carbocycles. The number of carbonyl (C=O) groups is 3. The number of hydrogen-bond donors (Lipinski definition) is 1. The van der Waals surface area contributed by atoms with Crippen LogP contribution in [0.25, 0.3) is 6.08 Å². The van der Waals surface area contributed by atoms with Gasteiger partial charge in [-0.05, 0) is 54.5 Å². The fourth-order valence-electron chi connectivity index (χ4n) is 2.64. The summed E-state index contributed by atoms with van der Waals surface area (Å²) in [6.07, 6.45) is 2.54. The molecule has 0 bridgehead atoms. The third kappa shape index (κ3) is 4.23. The number of amides is 1. The highest BCUT2D eigenvalue weighted by atomic mass is 35.5. The van der Waals surface area contributed by atoms with Crippen LogP contribution in [0.15, 0.2) is 42.5 Å². The minimum Gasteiger partial charge on any atom is -0.454 e. The first kappa shape index (κ1) is 18.8. The molecule has 27 heavy (non-hydrogen) atoms. The number of halogens is 2. The fourth-order valence-corrected chi connectivity index (χ4v) is 2.83. The highest BCUT2D eigenvalue weighted by Crippen LogP contribution is 2.32. The summed E-state index contributed by atoms with van der Waals surface area (Å²) >= 11 is 5.66. The molecule has 0 aromatic heterocycles. The Balaban J connectivity index is 1.59. The number of anilines is 1. The van der Waals surface area contributed by atoms with Crippen LogP contribution in [0.2, 0.25) is 5.02 Å². The van der Waals surface area contributed by atoms with E-state index in [-0.39, 0.29) is 22.6 Å². The summed E-state index contributed by atoms with van der Waals surface area (Å²) in [5.74, 6) is -2.10. The lowest BCUT2D eigenvalue weighted by Crippen LogP contribution is -2.13. The van der Waals surface area contributed by atoms with E-state index >= 15 is 0 Å². The lowest BCUT2D eigenvalue weighted by molar-refractivity contribution is -0.136. The molecule has 0 spiro atoms. The first-order valence-electron chi connectivity index (χ1n) is 8.13. The summed E-state index contributed by atoms with van der Waals surface area (Å²) in [6.45, 7) is 1.32. The first-order valence-corrected chi connectivity index (χ1v) is 8.51. The lowest BCUT2D eigenvalue weighted by atomic mass is 9.99. The standard InChI is InChI=1S/C20H15ClFNO4/c1-11-14-9-13(4-6-17(14)23-20(11)26)18(24)10-27-19(25)7-3-12-2-5-16(22)15(21)8-12/h2-9,11H,10H2,1H3,(H,23,26)/b7-3+/t11-/m1/s1. The molecule has 7 heteroatoms. The summed E-state index contributed by atoms with van der Waals surface area (Å²) in [5, 5.41) is 2.67. The maximum atomic E-state index is 13.1. The molecule has 0 radical (unpaired) electrons. The Morgan fingerprint density at radius 3 is 2.78 bits per heavy atom. The van der Waals surface area contributed by atoms with E-state index in [1.165, 1.54) is 24.3 Å². The number of ether oxygens (including phenoxy) is 1. The second-order valence-corrected chi connectivity index (χ2v) is 6.46. The number of nitrogens with one attached hydrogen (secondary N) is 1. The molecular weight excluding hydrogens is 373 g/mol. The van der Waals surface area contributed by atoms with Crippen molar-refractivity contribution in [1.29, 1.82) is 0 Å². The van der Waals surface area contributed by atoms with Gasteiger partial charge in [0.1, 0.15) is 5.82 Å². The third-order valence-corrected chi connectivity index (χ3v) is 4.48. The predicted octanol–water partition coefficient (Wildman–Crippen LogP) is 3.97. The number of ketones is 1. The van der Waals surface area contributed by atoms with Crippen molar-refractivity contribution in [2.75, 3.05) is 11.9 Å². The lowest BCUT2D eigenvalue weighted by Gasteiger charge is -2.06. The van der Waals surface area contributed by atoms with Crippen molar-refractivity contribution in [1.82, 2.24) is 0 Å². The van der Waals surface area contributed by atoms with Crippen LogP contribution in [0.5, 0.6) is 0 Å². The molecule has 1 atom stereocenters. The summed E-state index contributed by atoms with van der Waals surface area (Å²) in [7, 11) is 0. The van der Waals surface area contributed by atoms with Crippen LogP contribution in [0.1, 0.15) is 34.3 Å². The summed E-state index contributed by atoms with van der Waals surface area (Å²) < 4.78 is 18.0. The number of fused-ring (bicyclic) bond motifs is 1. The molecular formula is C20H15ClFNO4. The van der Waals surface area contributed by atoms with Crippen LogP contribution in [0.3, 0.4) is 0 Å². The average Bonchev–Trinajstić information content (AvgIpc) is 2.94. The Hall–Kier alpha value is -2.99. The van der Waals surface area contributed by atoms with Crippen molar-refractivity contribution in [2.24, 2.45) is 0 Å². The van der Waals surface area contributed by atoms with Crippen molar-refractivity contribution in [3.05, 3.63) is 70.0 Å². The molecule has 1 N–H and O–H groups in total. The predicted molar refractivity (Wildman–Crippen MR) is 99.2 cm³/mol. The van der Waals surface area contributed by atoms with Crippen LogP contribution < -0.4 is 5.32 Å². The molecule has 1 aliphatic rings. The summed E-state index contributed by atoms with van der Waals surface area (Å²) in [6, 6.07) is 8.87. The van der Waals surface area contributed by atoms with Gasteiger partial charge in [-0.25, -0.2) is 9.18 Å². The zero-order chi connectivity index (χ0) is 19.6. The van der Waals surface area contributed by atoms with Crippen molar-refractivity contribution in [2.45, 2.75) is 12.8 Å². The molecule has 1 heterocycles. The van der Waals surface area contributed by atoms with E-state index in [4.69, 9.17) is 16.3 Å². The monoisotopic (exact) mass is 387 g/mol. The molecule has 0 unspecified atom stereocenters. The minimum absolute atomic E-state index is 0.0560. The molecule has 0 aliphatic carbocycles. The molecule has 5 nitrogen and oxygen atoms in total. The van der Waals surface area contributed by atoms with Crippen LogP contribution in [-0.4, -0.2) is 24.3 Å². The topological polar surface area (TPSA) is 72.5 Å². The summed E-state index contributed by atoms with van der Waals surface area (Å²) in [4.78, 5) is 35.6. The van der Waals surface area contributed by atoms with Crippen molar-refractivity contribution < 1.29 is 23.5 Å². The van der Waals surface area contributed by atoms with Gasteiger partial charge in [0.05, 0.1) is 10.9 Å². The van der Waals surface area contributed by atoms with E-state index in [2.05, 4.69) is 5.32 Å². The summed E-state index contributed by atoms with van der Waals surface area (Å²) in [5.41, 5.74) is 2.31. The van der Waals surface area contributed by atoms with Gasteiger partial charge < -0.3 is 10.1 Å². The second-order valence-electron chi connectivity index (χ2n) is 6.05. The molecule has 1 aliphatic heterocycles. The van der Waals surface area contributed by atoms with Gasteiger partial charge in [-0.2, -0.15) is 0 Å². The van der Waals surface area contributed by atoms with E-state index in [1.54, 1.807) is 25.1 Å². The van der Waals surface area contributed by atoms with Gasteiger partial charge in [0.2, 0.25) is 5.91 Å². The van der Waals surface area contributed by atoms with Gasteiger partial charge in [-0.1, -0.05) is 17.7 Å². The van der Waals surface area contributed by atoms with Crippen LogP contribution in [-0.2, 0) is 14.3 Å². The number of hydrogen-bond acceptors (Lipinski definition) is 4. The molecule has 138 valence electrons. The zero-order valence-electron chi connectivity index (χ0n) is 14.3. The number of carbonyl (C=O) groups excluding carboxylic acids is 3. The van der Waals surface area contributed by atoms with E-state index in [1.807, 2.05) is 0 Å². The molecule has 3 rings (SSSR count). The maximum absolute atomic E-state index is 13.1. The number of rotatable bonds is 5. The Morgan fingerprint density at radius 2 is 2.04 bits per heavy atom. The van der Waals surface area contributed by atoms with Gasteiger partial charge in [0.25, 0.3) is 0 Å². The van der Waals surface area contributed by atoms with Crippen molar-refractivity contribution >= 4 is 41.0 Å². The smallest absolute Gasteiger partial charge is 0.331 e. The van der Waals surface area contributed by atoms with Crippen LogP contribution in [0, 0.1) is 5.82 Å². The minimum atomic E-state index is -0.713. The quantitative estimate of drug-likeness (QED) is 0.478. The Kier molecular flexibility index (Phi) is 5.37. The van der Waals surface area contributed by atoms with Crippen LogP contribution >= 0.6 is 11.6 Å². The highest BCUT2D eigenvalue weighted by molar-refractivity contribution is 6.30. The van der Waals surface area contributed by atoms with E-state index < -0.39 is 18.4 Å². The van der Waals surface area contributed by atoms with Crippen LogP contribution in [0.4, 0.5) is 10.1 Å². The molecule has 1 amide bonds. The Labute approximate surface area is 159 Å². The third-order valence-electron chi connectivity index (χ3n) is 4.19. The molecule has 0 fully saturated rings. The van der Waals surface area contributed by atoms with Gasteiger partial charge in [0.15, 0.2) is 12.4 Å². The largest absolute Gasteiger partial charge is 0.454 e. The van der Waals surface area contributed by atoms with E-state index in [0.29, 0.717) is 16.8 Å². The zero-order valence-corrected chi connectivity index (χ0v) is 15.0. The Morgan fingerprint density at radius 1 is 1.26 bits per heavy atom. The first-order chi connectivity index (χ1) is 12.8. The van der Waals surface area contributed by atoms with Gasteiger partial charge >= 0.3 is 5.97 Å². The van der Waals surface area contributed by atoms with Gasteiger partial charge in [0, 0.05) is 17.3 Å². The van der Waals surface area contributed by atoms with E-state index in [9.17, 15) is 18.8 Å². The SMILES string of the molecule is C[C@H]1C(=O)Nc2ccc(C(=O)COC(=O)/C=C/c3ccc(F)c(Cl)c3)cc21. The Bertz CT molecular complexity index is 970. The van der Waals surface area contributed by atoms with Gasteiger partial charge in [-0.3, -0.25) is 9.59 Å². The number of Topliss-reactive ketones (excluding diaryl/α,β-unsaturated/α-hetero) is 1. The highest BCUT2D eigenvalue weighted by Gasteiger charge is 2.27. The molecule has 2 aromatic rings. The van der Waals surface area contributed by atoms with E-state index in [0.717, 1.165) is 11.6 Å². The average molecular weight is 388 g/mol. The number of benzene rings is 2. The van der Waals surface area contributed by atoms with Gasteiger partial charge in [-0.15, -0.1) is 0 Å². The van der Waals surface area contributed by atoms with Crippen molar-refractivity contribution in [3.63, 3.8) is 0 Å². The molecule has 0 saturated heterocycles. The normalized spacial score (nSPS) is 15.5. The molecule has 2 aromatic carbocycles.